The van der Waals surface area contributed by atoms with Gasteiger partial charge in [-0.25, -0.2) is 0 Å². The van der Waals surface area contributed by atoms with E-state index in [0.717, 1.165) is 24.3 Å². The second kappa shape index (κ2) is 6.64. The molecule has 0 saturated carbocycles. The average molecular weight is 251 g/mol. The fourth-order valence-electron chi connectivity index (χ4n) is 1.81. The molecule has 1 aromatic carbocycles. The minimum absolute atomic E-state index is 0.131. The second-order valence-electron chi connectivity index (χ2n) is 5.50. The predicted molar refractivity (Wildman–Crippen MR) is 76.2 cm³/mol. The van der Waals surface area contributed by atoms with Crippen molar-refractivity contribution in [3.05, 3.63) is 24.3 Å². The van der Waals surface area contributed by atoms with E-state index < -0.39 is 0 Å². The standard InChI is InChI=1S/C15H25NO2/c1-12(2)9-10-15(3,11-17)16-13-5-7-14(18-4)8-6-13/h5-8,12,16-17H,9-11H2,1-4H3. The predicted octanol–water partition coefficient (Wildman–Crippen LogP) is 3.29. The van der Waals surface area contributed by atoms with E-state index >= 15 is 0 Å². The van der Waals surface area contributed by atoms with Gasteiger partial charge in [0.1, 0.15) is 5.75 Å². The number of hydrogen-bond donors (Lipinski definition) is 2. The number of hydrogen-bond acceptors (Lipinski definition) is 3. The molecule has 1 atom stereocenters. The molecule has 1 aromatic rings. The lowest BCUT2D eigenvalue weighted by Crippen LogP contribution is -2.39. The second-order valence-corrected chi connectivity index (χ2v) is 5.50. The SMILES string of the molecule is COc1ccc(NC(C)(CO)CCC(C)C)cc1. The summed E-state index contributed by atoms with van der Waals surface area (Å²) in [5.41, 5.74) is 0.745. The highest BCUT2D eigenvalue weighted by Crippen LogP contribution is 2.23. The third kappa shape index (κ3) is 4.57. The Morgan fingerprint density at radius 1 is 1.28 bits per heavy atom. The van der Waals surface area contributed by atoms with Crippen molar-refractivity contribution in [3.8, 4) is 5.75 Å². The van der Waals surface area contributed by atoms with Crippen LogP contribution in [0, 0.1) is 5.92 Å². The van der Waals surface area contributed by atoms with Crippen molar-refractivity contribution in [1.29, 1.82) is 0 Å². The molecule has 1 rings (SSSR count). The Hall–Kier alpha value is -1.22. The molecule has 0 heterocycles. The monoisotopic (exact) mass is 251 g/mol. The van der Waals surface area contributed by atoms with Gasteiger partial charge in [0.15, 0.2) is 0 Å². The van der Waals surface area contributed by atoms with E-state index in [1.54, 1.807) is 7.11 Å². The molecule has 0 aliphatic carbocycles. The summed E-state index contributed by atoms with van der Waals surface area (Å²) in [5.74, 6) is 1.49. The van der Waals surface area contributed by atoms with Gasteiger partial charge in [-0.05, 0) is 49.9 Å². The Morgan fingerprint density at radius 3 is 2.33 bits per heavy atom. The summed E-state index contributed by atoms with van der Waals surface area (Å²) in [6.45, 7) is 6.59. The summed E-state index contributed by atoms with van der Waals surface area (Å²) < 4.78 is 5.13. The maximum absolute atomic E-state index is 9.57. The van der Waals surface area contributed by atoms with Gasteiger partial charge in [-0.3, -0.25) is 0 Å². The Bertz CT molecular complexity index is 348. The number of aliphatic hydroxyl groups excluding tert-OH is 1. The summed E-state index contributed by atoms with van der Waals surface area (Å²) in [6.07, 6.45) is 2.05. The first-order valence-electron chi connectivity index (χ1n) is 6.52. The summed E-state index contributed by atoms with van der Waals surface area (Å²) in [4.78, 5) is 0. The zero-order valence-corrected chi connectivity index (χ0v) is 11.9. The number of nitrogens with one attached hydrogen (secondary N) is 1. The molecule has 2 N–H and O–H groups in total. The largest absolute Gasteiger partial charge is 0.497 e. The van der Waals surface area contributed by atoms with Gasteiger partial charge < -0.3 is 15.2 Å². The van der Waals surface area contributed by atoms with Crippen molar-refractivity contribution < 1.29 is 9.84 Å². The molecule has 0 aliphatic heterocycles. The minimum atomic E-state index is -0.265. The normalized spacial score (nSPS) is 14.3. The zero-order chi connectivity index (χ0) is 13.6. The lowest BCUT2D eigenvalue weighted by atomic mass is 9.92. The van der Waals surface area contributed by atoms with E-state index in [2.05, 4.69) is 26.1 Å². The maximum atomic E-state index is 9.57. The van der Waals surface area contributed by atoms with Crippen molar-refractivity contribution in [2.75, 3.05) is 19.0 Å². The van der Waals surface area contributed by atoms with E-state index in [-0.39, 0.29) is 12.1 Å². The molecule has 0 saturated heterocycles. The zero-order valence-electron chi connectivity index (χ0n) is 11.9. The topological polar surface area (TPSA) is 41.5 Å². The summed E-state index contributed by atoms with van der Waals surface area (Å²) in [5, 5.41) is 13.0. The van der Waals surface area contributed by atoms with Gasteiger partial charge in [-0.15, -0.1) is 0 Å². The van der Waals surface area contributed by atoms with Crippen LogP contribution in [-0.2, 0) is 0 Å². The van der Waals surface area contributed by atoms with Gasteiger partial charge in [-0.1, -0.05) is 13.8 Å². The van der Waals surface area contributed by atoms with E-state index in [4.69, 9.17) is 4.74 Å². The molecule has 0 fully saturated rings. The molecule has 0 aliphatic rings. The van der Waals surface area contributed by atoms with E-state index in [0.29, 0.717) is 5.92 Å². The van der Waals surface area contributed by atoms with Crippen molar-refractivity contribution in [3.63, 3.8) is 0 Å². The number of rotatable bonds is 7. The lowest BCUT2D eigenvalue weighted by molar-refractivity contribution is 0.208. The smallest absolute Gasteiger partial charge is 0.119 e. The van der Waals surface area contributed by atoms with Crippen LogP contribution >= 0.6 is 0 Å². The Kier molecular flexibility index (Phi) is 5.48. The van der Waals surface area contributed by atoms with Gasteiger partial charge >= 0.3 is 0 Å². The summed E-state index contributed by atoms with van der Waals surface area (Å²) in [6, 6.07) is 7.79. The molecule has 1 unspecified atom stereocenters. The minimum Gasteiger partial charge on any atom is -0.497 e. The summed E-state index contributed by atoms with van der Waals surface area (Å²) in [7, 11) is 1.66. The van der Waals surface area contributed by atoms with Crippen LogP contribution in [0.3, 0.4) is 0 Å². The van der Waals surface area contributed by atoms with Gasteiger partial charge in [0.25, 0.3) is 0 Å². The molecule has 18 heavy (non-hydrogen) atoms. The Morgan fingerprint density at radius 2 is 1.89 bits per heavy atom. The molecule has 0 bridgehead atoms. The molecular weight excluding hydrogens is 226 g/mol. The fourth-order valence-corrected chi connectivity index (χ4v) is 1.81. The van der Waals surface area contributed by atoms with Crippen molar-refractivity contribution in [1.82, 2.24) is 0 Å². The number of methoxy groups -OCH3 is 1. The van der Waals surface area contributed by atoms with Crippen LogP contribution in [0.15, 0.2) is 24.3 Å². The van der Waals surface area contributed by atoms with Crippen LogP contribution in [0.1, 0.15) is 33.6 Å². The van der Waals surface area contributed by atoms with Crippen LogP contribution in [0.4, 0.5) is 5.69 Å². The van der Waals surface area contributed by atoms with Crippen LogP contribution in [0.25, 0.3) is 0 Å². The average Bonchev–Trinajstić information content (AvgIpc) is 2.37. The van der Waals surface area contributed by atoms with Gasteiger partial charge in [0.05, 0.1) is 19.3 Å². The number of benzene rings is 1. The third-order valence-corrected chi connectivity index (χ3v) is 3.16. The van der Waals surface area contributed by atoms with Crippen molar-refractivity contribution in [2.45, 2.75) is 39.2 Å². The number of aliphatic hydroxyl groups is 1. The Balaban J connectivity index is 2.65. The van der Waals surface area contributed by atoms with Crippen LogP contribution < -0.4 is 10.1 Å². The molecule has 102 valence electrons. The van der Waals surface area contributed by atoms with E-state index in [1.807, 2.05) is 24.3 Å². The third-order valence-electron chi connectivity index (χ3n) is 3.16. The highest BCUT2D eigenvalue weighted by atomic mass is 16.5. The summed E-state index contributed by atoms with van der Waals surface area (Å²) >= 11 is 0. The van der Waals surface area contributed by atoms with E-state index in [1.165, 1.54) is 0 Å². The van der Waals surface area contributed by atoms with Crippen molar-refractivity contribution >= 4 is 5.69 Å². The molecule has 0 amide bonds. The Labute approximate surface area is 110 Å². The molecule has 3 nitrogen and oxygen atoms in total. The van der Waals surface area contributed by atoms with E-state index in [9.17, 15) is 5.11 Å². The van der Waals surface area contributed by atoms with Crippen molar-refractivity contribution in [2.24, 2.45) is 5.92 Å². The molecule has 0 spiro atoms. The fraction of sp³-hybridized carbons (Fsp3) is 0.600. The first-order valence-corrected chi connectivity index (χ1v) is 6.52. The van der Waals surface area contributed by atoms with Crippen LogP contribution in [-0.4, -0.2) is 24.4 Å². The van der Waals surface area contributed by atoms with Gasteiger partial charge in [-0.2, -0.15) is 0 Å². The molecule has 3 heteroatoms. The molecular formula is C15H25NO2. The highest BCUT2D eigenvalue weighted by Gasteiger charge is 2.23. The molecule has 0 radical (unpaired) electrons. The first-order chi connectivity index (χ1) is 8.49. The molecule has 0 aromatic heterocycles. The van der Waals surface area contributed by atoms with Crippen LogP contribution in [0.2, 0.25) is 0 Å². The quantitative estimate of drug-likeness (QED) is 0.781. The number of anilines is 1. The maximum Gasteiger partial charge on any atom is 0.119 e. The highest BCUT2D eigenvalue weighted by molar-refractivity contribution is 5.48. The van der Waals surface area contributed by atoms with Crippen LogP contribution in [0.5, 0.6) is 5.75 Å². The lowest BCUT2D eigenvalue weighted by Gasteiger charge is -2.30. The van der Waals surface area contributed by atoms with Gasteiger partial charge in [0, 0.05) is 5.69 Å². The number of ether oxygens (including phenoxy) is 1. The van der Waals surface area contributed by atoms with Gasteiger partial charge in [0.2, 0.25) is 0 Å². The first kappa shape index (κ1) is 14.8.